The fourth-order valence-electron chi connectivity index (χ4n) is 3.48. The summed E-state index contributed by atoms with van der Waals surface area (Å²) in [6, 6.07) is 0. The Balaban J connectivity index is 1.43. The van der Waals surface area contributed by atoms with Gasteiger partial charge in [-0.2, -0.15) is 0 Å². The number of ether oxygens (including phenoxy) is 1. The summed E-state index contributed by atoms with van der Waals surface area (Å²) >= 11 is 0. The van der Waals surface area contributed by atoms with E-state index in [0.717, 1.165) is 31.8 Å². The Hall–Kier alpha value is -1.99. The summed E-state index contributed by atoms with van der Waals surface area (Å²) in [5.74, 6) is 1.16. The van der Waals surface area contributed by atoms with Crippen LogP contribution in [0.15, 0.2) is 5.16 Å². The second-order valence-corrected chi connectivity index (χ2v) is 6.54. The zero-order chi connectivity index (χ0) is 16.4. The molecule has 0 unspecified atom stereocenters. The number of carbonyl (C=O) groups excluding carboxylic acids is 1. The average Bonchev–Trinajstić information content (AvgIpc) is 2.92. The van der Waals surface area contributed by atoms with Gasteiger partial charge in [0.15, 0.2) is 5.60 Å². The second-order valence-electron chi connectivity index (χ2n) is 6.54. The lowest BCUT2D eigenvalue weighted by molar-refractivity contribution is -0.144. The predicted molar refractivity (Wildman–Crippen MR) is 81.0 cm³/mol. The fourth-order valence-corrected chi connectivity index (χ4v) is 3.48. The van der Waals surface area contributed by atoms with Gasteiger partial charge in [0.25, 0.3) is 0 Å². The summed E-state index contributed by atoms with van der Waals surface area (Å²) in [5, 5.41) is 13.1. The van der Waals surface area contributed by atoms with Gasteiger partial charge in [0.2, 0.25) is 0 Å². The van der Waals surface area contributed by atoms with Crippen molar-refractivity contribution in [2.75, 3.05) is 32.8 Å². The Morgan fingerprint density at radius 1 is 1.39 bits per heavy atom. The van der Waals surface area contributed by atoms with Crippen LogP contribution in [0.5, 0.6) is 0 Å². The van der Waals surface area contributed by atoms with Gasteiger partial charge in [-0.1, -0.05) is 5.16 Å². The first-order valence-corrected chi connectivity index (χ1v) is 8.15. The highest BCUT2D eigenvalue weighted by Crippen LogP contribution is 2.35. The van der Waals surface area contributed by atoms with Crippen LogP contribution in [0, 0.1) is 5.92 Å². The topological polar surface area (TPSA) is 91.7 Å². The third-order valence-electron chi connectivity index (χ3n) is 4.79. The largest absolute Gasteiger partial charge is 0.466 e. The van der Waals surface area contributed by atoms with Gasteiger partial charge in [-0.3, -0.25) is 9.69 Å². The highest BCUT2D eigenvalue weighted by atomic mass is 16.7. The predicted octanol–water partition coefficient (Wildman–Crippen LogP) is 1.12. The highest BCUT2D eigenvalue weighted by molar-refractivity contribution is 5.85. The maximum Gasteiger partial charge on any atom is 0.407 e. The standard InChI is InChI=1S/C15H23N3O5/c1-2-22-13(19)7-11-3-5-17(6-4-11)12-8-15(23-16-12)9-18(10-15)14(20)21/h11H,2-10H2,1H3,(H,20,21). The normalized spacial score (nSPS) is 23.3. The zero-order valence-corrected chi connectivity index (χ0v) is 13.4. The van der Waals surface area contributed by atoms with E-state index in [-0.39, 0.29) is 5.97 Å². The molecule has 3 heterocycles. The van der Waals surface area contributed by atoms with E-state index < -0.39 is 11.7 Å². The number of carbonyl (C=O) groups is 2. The Morgan fingerprint density at radius 2 is 2.09 bits per heavy atom. The van der Waals surface area contributed by atoms with Crippen molar-refractivity contribution in [3.63, 3.8) is 0 Å². The van der Waals surface area contributed by atoms with Crippen molar-refractivity contribution in [1.29, 1.82) is 0 Å². The van der Waals surface area contributed by atoms with Crippen molar-refractivity contribution >= 4 is 17.9 Å². The van der Waals surface area contributed by atoms with Gasteiger partial charge in [-0.15, -0.1) is 0 Å². The molecule has 0 radical (unpaired) electrons. The number of nitrogens with zero attached hydrogens (tertiary/aromatic N) is 3. The van der Waals surface area contributed by atoms with Gasteiger partial charge in [0, 0.05) is 19.5 Å². The van der Waals surface area contributed by atoms with Gasteiger partial charge in [-0.25, -0.2) is 4.79 Å². The molecule has 0 saturated carbocycles. The Labute approximate surface area is 135 Å². The van der Waals surface area contributed by atoms with Crippen molar-refractivity contribution in [3.8, 4) is 0 Å². The van der Waals surface area contributed by atoms with Gasteiger partial charge in [0.1, 0.15) is 5.84 Å². The molecule has 1 spiro atoms. The SMILES string of the molecule is CCOC(=O)CC1CCN(C2=NOC3(C2)CN(C(=O)O)C3)CC1. The van der Waals surface area contributed by atoms with Crippen LogP contribution < -0.4 is 0 Å². The minimum Gasteiger partial charge on any atom is -0.466 e. The maximum atomic E-state index is 11.5. The number of hydrogen-bond donors (Lipinski definition) is 1. The third kappa shape index (κ3) is 3.35. The number of hydrogen-bond acceptors (Lipinski definition) is 6. The van der Waals surface area contributed by atoms with Crippen molar-refractivity contribution in [2.45, 2.75) is 38.2 Å². The number of likely N-dealkylation sites (tertiary alicyclic amines) is 2. The van der Waals surface area contributed by atoms with E-state index in [1.165, 1.54) is 4.90 Å². The molecule has 23 heavy (non-hydrogen) atoms. The lowest BCUT2D eigenvalue weighted by atomic mass is 9.89. The molecule has 0 aliphatic carbocycles. The number of amides is 1. The molecule has 3 aliphatic rings. The molecule has 0 aromatic heterocycles. The van der Waals surface area contributed by atoms with Crippen LogP contribution in [0.4, 0.5) is 4.79 Å². The molecule has 3 rings (SSSR count). The molecule has 1 amide bonds. The lowest BCUT2D eigenvalue weighted by Gasteiger charge is -2.43. The Bertz CT molecular complexity index is 507. The lowest BCUT2D eigenvalue weighted by Crippen LogP contribution is -2.63. The van der Waals surface area contributed by atoms with Gasteiger partial charge in [-0.05, 0) is 25.7 Å². The molecular formula is C15H23N3O5. The minimum absolute atomic E-state index is 0.116. The van der Waals surface area contributed by atoms with Crippen LogP contribution in [0.3, 0.4) is 0 Å². The van der Waals surface area contributed by atoms with E-state index in [1.54, 1.807) is 0 Å². The average molecular weight is 325 g/mol. The smallest absolute Gasteiger partial charge is 0.407 e. The van der Waals surface area contributed by atoms with E-state index in [4.69, 9.17) is 14.7 Å². The quantitative estimate of drug-likeness (QED) is 0.782. The first-order valence-electron chi connectivity index (χ1n) is 8.15. The molecule has 3 aliphatic heterocycles. The molecule has 2 saturated heterocycles. The number of rotatable bonds is 3. The summed E-state index contributed by atoms with van der Waals surface area (Å²) in [7, 11) is 0. The second kappa shape index (κ2) is 6.25. The van der Waals surface area contributed by atoms with Crippen LogP contribution in [-0.2, 0) is 14.4 Å². The van der Waals surface area contributed by atoms with E-state index in [2.05, 4.69) is 10.1 Å². The van der Waals surface area contributed by atoms with E-state index in [1.807, 2.05) is 6.92 Å². The van der Waals surface area contributed by atoms with Crippen molar-refractivity contribution in [3.05, 3.63) is 0 Å². The maximum absolute atomic E-state index is 11.5. The summed E-state index contributed by atoms with van der Waals surface area (Å²) in [4.78, 5) is 31.4. The number of esters is 1. The molecule has 0 aromatic rings. The molecule has 2 fully saturated rings. The summed E-state index contributed by atoms with van der Waals surface area (Å²) < 4.78 is 5.00. The Morgan fingerprint density at radius 3 is 2.70 bits per heavy atom. The van der Waals surface area contributed by atoms with Crippen LogP contribution in [-0.4, -0.2) is 71.2 Å². The molecule has 0 atom stereocenters. The summed E-state index contributed by atoms with van der Waals surface area (Å²) in [6.07, 6.45) is 2.12. The summed E-state index contributed by atoms with van der Waals surface area (Å²) in [6.45, 7) is 4.72. The van der Waals surface area contributed by atoms with Crippen molar-refractivity contribution < 1.29 is 24.3 Å². The van der Waals surface area contributed by atoms with E-state index in [9.17, 15) is 9.59 Å². The number of amidine groups is 1. The van der Waals surface area contributed by atoms with E-state index in [0.29, 0.717) is 38.5 Å². The van der Waals surface area contributed by atoms with Crippen LogP contribution in [0.1, 0.15) is 32.6 Å². The first-order chi connectivity index (χ1) is 11.0. The number of oxime groups is 1. The van der Waals surface area contributed by atoms with Crippen molar-refractivity contribution in [1.82, 2.24) is 9.80 Å². The van der Waals surface area contributed by atoms with Crippen LogP contribution in [0.25, 0.3) is 0 Å². The van der Waals surface area contributed by atoms with Gasteiger partial charge in [0.05, 0.1) is 26.1 Å². The first kappa shape index (κ1) is 15.9. The monoisotopic (exact) mass is 325 g/mol. The fraction of sp³-hybridized carbons (Fsp3) is 0.800. The number of piperidine rings is 1. The minimum atomic E-state index is -0.910. The third-order valence-corrected chi connectivity index (χ3v) is 4.79. The van der Waals surface area contributed by atoms with E-state index >= 15 is 0 Å². The molecule has 8 heteroatoms. The van der Waals surface area contributed by atoms with Crippen LogP contribution in [0.2, 0.25) is 0 Å². The number of carboxylic acid groups (broad SMARTS) is 1. The van der Waals surface area contributed by atoms with Gasteiger partial charge < -0.3 is 19.6 Å². The van der Waals surface area contributed by atoms with Gasteiger partial charge >= 0.3 is 12.1 Å². The molecule has 128 valence electrons. The summed E-state index contributed by atoms with van der Waals surface area (Å²) in [5.41, 5.74) is -0.449. The molecule has 8 nitrogen and oxygen atoms in total. The van der Waals surface area contributed by atoms with Crippen molar-refractivity contribution in [2.24, 2.45) is 11.1 Å². The van der Waals surface area contributed by atoms with Crippen LogP contribution >= 0.6 is 0 Å². The highest BCUT2D eigenvalue weighted by Gasteiger charge is 2.52. The molecule has 0 aromatic carbocycles. The molecule has 1 N–H and O–H groups in total. The Kier molecular flexibility index (Phi) is 4.32. The zero-order valence-electron chi connectivity index (χ0n) is 13.4. The molecule has 0 bridgehead atoms. The molecular weight excluding hydrogens is 302 g/mol.